The van der Waals surface area contributed by atoms with Crippen LogP contribution in [0.2, 0.25) is 0 Å². The summed E-state index contributed by atoms with van der Waals surface area (Å²) in [5.41, 5.74) is 0. The van der Waals surface area contributed by atoms with E-state index < -0.39 is 4.84 Å². The minimum atomic E-state index is -0.420. The Balaban J connectivity index is 3.13. The highest BCUT2D eigenvalue weighted by molar-refractivity contribution is 14.1. The molecule has 1 unspecified atom stereocenters. The topological polar surface area (TPSA) is 0 Å². The van der Waals surface area contributed by atoms with E-state index in [4.69, 9.17) is 34.8 Å². The second-order valence-electron chi connectivity index (χ2n) is 2.04. The molecule has 0 radical (unpaired) electrons. The lowest BCUT2D eigenvalue weighted by molar-refractivity contribution is 0.706. The molecule has 62 valence electrons. The van der Waals surface area contributed by atoms with E-state index in [9.17, 15) is 0 Å². The van der Waals surface area contributed by atoms with Crippen LogP contribution in [0.25, 0.3) is 0 Å². The van der Waals surface area contributed by atoms with Crippen molar-refractivity contribution in [1.82, 2.24) is 0 Å². The highest BCUT2D eigenvalue weighted by Crippen LogP contribution is 2.19. The predicted octanol–water partition coefficient (Wildman–Crippen LogP) is 4.00. The van der Waals surface area contributed by atoms with Crippen molar-refractivity contribution in [3.63, 3.8) is 0 Å². The molecule has 0 bridgehead atoms. The van der Waals surface area contributed by atoms with E-state index in [1.54, 1.807) is 0 Å². The van der Waals surface area contributed by atoms with Crippen LogP contribution < -0.4 is 0 Å². The van der Waals surface area contributed by atoms with Gasteiger partial charge < -0.3 is 0 Å². The van der Waals surface area contributed by atoms with E-state index in [0.29, 0.717) is 0 Å². The van der Waals surface area contributed by atoms with E-state index in [2.05, 4.69) is 22.6 Å². The van der Waals surface area contributed by atoms with Crippen LogP contribution >= 0.6 is 57.4 Å². The van der Waals surface area contributed by atoms with Crippen LogP contribution in [0.1, 0.15) is 19.3 Å². The predicted molar refractivity (Wildman–Crippen MR) is 57.9 cm³/mol. The van der Waals surface area contributed by atoms with E-state index in [-0.39, 0.29) is 5.38 Å². The van der Waals surface area contributed by atoms with Gasteiger partial charge in [-0.15, -0.1) is 34.8 Å². The van der Waals surface area contributed by atoms with Crippen molar-refractivity contribution >= 4 is 57.4 Å². The normalized spacial score (nSPS) is 14.1. The van der Waals surface area contributed by atoms with Crippen LogP contribution in [0.3, 0.4) is 0 Å². The van der Waals surface area contributed by atoms with Crippen molar-refractivity contribution in [1.29, 1.82) is 0 Å². The molecule has 0 aliphatic heterocycles. The first kappa shape index (κ1) is 11.6. The average Bonchev–Trinajstić information content (AvgIpc) is 1.88. The van der Waals surface area contributed by atoms with E-state index in [1.807, 2.05) is 0 Å². The molecule has 0 rings (SSSR count). The third-order valence-corrected chi connectivity index (χ3v) is 3.24. The van der Waals surface area contributed by atoms with Gasteiger partial charge in [-0.3, -0.25) is 0 Å². The summed E-state index contributed by atoms with van der Waals surface area (Å²) in [6.45, 7) is 0. The van der Waals surface area contributed by atoms with Crippen molar-refractivity contribution in [3.8, 4) is 0 Å². The van der Waals surface area contributed by atoms with Crippen LogP contribution in [0, 0.1) is 0 Å². The Morgan fingerprint density at radius 3 is 2.10 bits per heavy atom. The van der Waals surface area contributed by atoms with Gasteiger partial charge in [-0.2, -0.15) is 0 Å². The lowest BCUT2D eigenvalue weighted by Crippen LogP contribution is -2.07. The van der Waals surface area contributed by atoms with Gasteiger partial charge in [-0.05, 0) is 17.3 Å². The lowest BCUT2D eigenvalue weighted by atomic mass is 10.2. The maximum atomic E-state index is 5.79. The van der Waals surface area contributed by atoms with Crippen LogP contribution in [0.4, 0.5) is 0 Å². The fraction of sp³-hybridized carbons (Fsp3) is 1.00. The quantitative estimate of drug-likeness (QED) is 0.409. The van der Waals surface area contributed by atoms with Crippen LogP contribution in [0.5, 0.6) is 0 Å². The smallest absolute Gasteiger partial charge is 0.120 e. The van der Waals surface area contributed by atoms with Crippen LogP contribution in [0.15, 0.2) is 0 Å². The number of hydrogen-bond donors (Lipinski definition) is 0. The molecule has 0 nitrogen and oxygen atoms in total. The third-order valence-electron chi connectivity index (χ3n) is 1.14. The largest absolute Gasteiger partial charge is 0.124 e. The summed E-state index contributed by atoms with van der Waals surface area (Å²) in [6.07, 6.45) is 3.24. The van der Waals surface area contributed by atoms with E-state index in [0.717, 1.165) is 12.8 Å². The molecular weight excluding hydrogens is 305 g/mol. The molecule has 0 aliphatic carbocycles. The molecule has 0 aromatic rings. The Kier molecular flexibility index (Phi) is 8.42. The van der Waals surface area contributed by atoms with Crippen molar-refractivity contribution in [2.45, 2.75) is 29.5 Å². The summed E-state index contributed by atoms with van der Waals surface area (Å²) in [5, 5.41) is -0.0775. The van der Waals surface area contributed by atoms with Crippen molar-refractivity contribution in [2.75, 3.05) is 4.43 Å². The summed E-state index contributed by atoms with van der Waals surface area (Å²) in [4.78, 5) is -0.420. The average molecular weight is 315 g/mol. The highest BCUT2D eigenvalue weighted by Gasteiger charge is 2.11. The first-order valence-corrected chi connectivity index (χ1v) is 6.00. The minimum Gasteiger partial charge on any atom is -0.120 e. The summed E-state index contributed by atoms with van der Waals surface area (Å²) in [7, 11) is 0. The first-order valence-electron chi connectivity index (χ1n) is 3.16. The molecule has 0 fully saturated rings. The molecule has 1 atom stereocenters. The Bertz CT molecular complexity index is 77.4. The van der Waals surface area contributed by atoms with Gasteiger partial charge in [0.05, 0.1) is 5.38 Å². The van der Waals surface area contributed by atoms with Gasteiger partial charge in [-0.25, -0.2) is 0 Å². The third kappa shape index (κ3) is 6.32. The van der Waals surface area contributed by atoms with Crippen molar-refractivity contribution in [3.05, 3.63) is 0 Å². The minimum absolute atomic E-state index is 0.0775. The van der Waals surface area contributed by atoms with Gasteiger partial charge in [0.25, 0.3) is 0 Å². The molecule has 0 aliphatic rings. The second-order valence-corrected chi connectivity index (χ2v) is 4.84. The van der Waals surface area contributed by atoms with Gasteiger partial charge in [0.15, 0.2) is 0 Å². The summed E-state index contributed by atoms with van der Waals surface area (Å²) in [6, 6.07) is 0. The maximum absolute atomic E-state index is 5.79. The molecule has 0 spiro atoms. The van der Waals surface area contributed by atoms with Gasteiger partial charge in [0.1, 0.15) is 4.84 Å². The lowest BCUT2D eigenvalue weighted by Gasteiger charge is -2.07. The molecule has 4 heteroatoms. The van der Waals surface area contributed by atoms with Gasteiger partial charge in [0, 0.05) is 0 Å². The number of hydrogen-bond acceptors (Lipinski definition) is 0. The monoisotopic (exact) mass is 314 g/mol. The zero-order chi connectivity index (χ0) is 7.98. The Morgan fingerprint density at radius 2 is 1.70 bits per heavy atom. The zero-order valence-electron chi connectivity index (χ0n) is 5.49. The molecule has 0 saturated heterocycles. The molecular formula is C6H10Cl3I. The van der Waals surface area contributed by atoms with Crippen molar-refractivity contribution in [2.24, 2.45) is 0 Å². The number of alkyl halides is 4. The zero-order valence-corrected chi connectivity index (χ0v) is 9.92. The SMILES string of the molecule is ClC(Cl)C(Cl)CCCCI. The Hall–Kier alpha value is 1.60. The standard InChI is InChI=1S/C6H10Cl3I/c7-5(6(8)9)3-1-2-4-10/h5-6H,1-4H2. The summed E-state index contributed by atoms with van der Waals surface area (Å²) >= 11 is 19.2. The van der Waals surface area contributed by atoms with E-state index >= 15 is 0 Å². The summed E-state index contributed by atoms with van der Waals surface area (Å²) in [5.74, 6) is 0. The maximum Gasteiger partial charge on any atom is 0.124 e. The molecule has 0 aromatic heterocycles. The molecule has 0 amide bonds. The fourth-order valence-electron chi connectivity index (χ4n) is 0.560. The number of rotatable bonds is 5. The van der Waals surface area contributed by atoms with Gasteiger partial charge in [0.2, 0.25) is 0 Å². The molecule has 0 aromatic carbocycles. The van der Waals surface area contributed by atoms with Gasteiger partial charge in [-0.1, -0.05) is 29.0 Å². The summed E-state index contributed by atoms with van der Waals surface area (Å²) < 4.78 is 1.18. The second kappa shape index (κ2) is 7.26. The molecule has 0 heterocycles. The fourth-order valence-corrected chi connectivity index (χ4v) is 1.51. The molecule has 0 saturated carbocycles. The Morgan fingerprint density at radius 1 is 1.10 bits per heavy atom. The van der Waals surface area contributed by atoms with Crippen LogP contribution in [-0.4, -0.2) is 14.6 Å². The first-order chi connectivity index (χ1) is 4.68. The number of unbranched alkanes of at least 4 members (excludes halogenated alkanes) is 1. The van der Waals surface area contributed by atoms with E-state index in [1.165, 1.54) is 10.8 Å². The molecule has 10 heavy (non-hydrogen) atoms. The van der Waals surface area contributed by atoms with Crippen molar-refractivity contribution < 1.29 is 0 Å². The van der Waals surface area contributed by atoms with Gasteiger partial charge >= 0.3 is 0 Å². The number of halogens is 4. The Labute approximate surface area is 90.7 Å². The van der Waals surface area contributed by atoms with Crippen LogP contribution in [-0.2, 0) is 0 Å². The molecule has 0 N–H and O–H groups in total. The highest BCUT2D eigenvalue weighted by atomic mass is 127.